The van der Waals surface area contributed by atoms with Crippen molar-refractivity contribution in [3.05, 3.63) is 27.7 Å². The van der Waals surface area contributed by atoms with Crippen LogP contribution < -0.4 is 22.0 Å². The lowest BCUT2D eigenvalue weighted by atomic mass is 10.1. The highest BCUT2D eigenvalue weighted by Gasteiger charge is 2.19. The molecule has 8 nitrogen and oxygen atoms in total. The summed E-state index contributed by atoms with van der Waals surface area (Å²) in [5, 5.41) is 4.61. The summed E-state index contributed by atoms with van der Waals surface area (Å²) in [5.41, 5.74) is 12.5. The molecule has 1 aliphatic rings. The van der Waals surface area contributed by atoms with E-state index in [1.54, 1.807) is 12.1 Å². The van der Waals surface area contributed by atoms with Gasteiger partial charge in [-0.3, -0.25) is 0 Å². The quantitative estimate of drug-likeness (QED) is 0.762. The second-order valence-electron chi connectivity index (χ2n) is 6.15. The third-order valence-electron chi connectivity index (χ3n) is 4.42. The Balaban J connectivity index is 1.76. The van der Waals surface area contributed by atoms with Crippen molar-refractivity contribution in [1.82, 2.24) is 14.7 Å². The average Bonchev–Trinajstić information content (AvgIpc) is 2.97. The first-order chi connectivity index (χ1) is 12.0. The molecule has 0 radical (unpaired) electrons. The van der Waals surface area contributed by atoms with Crippen molar-refractivity contribution in [1.29, 1.82) is 0 Å². The van der Waals surface area contributed by atoms with E-state index in [4.69, 9.17) is 32.2 Å². The van der Waals surface area contributed by atoms with Crippen LogP contribution in [0.2, 0.25) is 5.02 Å². The fourth-order valence-electron chi connectivity index (χ4n) is 2.87. The van der Waals surface area contributed by atoms with E-state index < -0.39 is 5.76 Å². The van der Waals surface area contributed by atoms with E-state index >= 15 is 0 Å². The van der Waals surface area contributed by atoms with E-state index in [0.717, 1.165) is 32.5 Å². The smallest absolute Gasteiger partial charge is 0.437 e. The first kappa shape index (κ1) is 17.8. The average molecular weight is 368 g/mol. The fourth-order valence-corrected chi connectivity index (χ4v) is 3.04. The third-order valence-corrected chi connectivity index (χ3v) is 4.74. The summed E-state index contributed by atoms with van der Waals surface area (Å²) in [4.78, 5) is 14.4. The van der Waals surface area contributed by atoms with E-state index in [-0.39, 0.29) is 11.9 Å². The maximum Gasteiger partial charge on any atom is 0.437 e. The lowest BCUT2D eigenvalue weighted by molar-refractivity contribution is 0.202. The zero-order valence-corrected chi connectivity index (χ0v) is 14.8. The molecule has 1 aliphatic heterocycles. The predicted octanol–water partition coefficient (Wildman–Crippen LogP) is 1.17. The SMILES string of the molecule is COc1cc(N)c(Cl)cc1-c1nn(CCN2CCC(N)CC2)c(=O)o1. The zero-order chi connectivity index (χ0) is 18.0. The topological polar surface area (TPSA) is 113 Å². The normalized spacial score (nSPS) is 16.3. The Bertz CT molecular complexity index is 796. The van der Waals surface area contributed by atoms with Gasteiger partial charge in [-0.1, -0.05) is 11.6 Å². The van der Waals surface area contributed by atoms with Gasteiger partial charge in [-0.15, -0.1) is 5.10 Å². The summed E-state index contributed by atoms with van der Waals surface area (Å²) in [6.07, 6.45) is 1.94. The molecule has 136 valence electrons. The van der Waals surface area contributed by atoms with E-state index in [1.165, 1.54) is 11.8 Å². The monoisotopic (exact) mass is 367 g/mol. The number of piperidine rings is 1. The highest BCUT2D eigenvalue weighted by Crippen LogP contribution is 2.34. The van der Waals surface area contributed by atoms with Crippen molar-refractivity contribution in [3.8, 4) is 17.2 Å². The fraction of sp³-hybridized carbons (Fsp3) is 0.500. The molecule has 0 saturated carbocycles. The molecule has 1 aromatic carbocycles. The van der Waals surface area contributed by atoms with Crippen LogP contribution in [0.4, 0.5) is 5.69 Å². The van der Waals surface area contributed by atoms with Gasteiger partial charge in [-0.05, 0) is 32.0 Å². The summed E-state index contributed by atoms with van der Waals surface area (Å²) in [6, 6.07) is 3.44. The molecule has 25 heavy (non-hydrogen) atoms. The Morgan fingerprint density at radius 2 is 2.08 bits per heavy atom. The third kappa shape index (κ3) is 3.97. The molecule has 3 rings (SSSR count). The Hall–Kier alpha value is -2.03. The van der Waals surface area contributed by atoms with Crippen LogP contribution in [0.3, 0.4) is 0 Å². The number of hydrogen-bond donors (Lipinski definition) is 2. The molecule has 0 atom stereocenters. The Kier molecular flexibility index (Phi) is 5.31. The summed E-state index contributed by atoms with van der Waals surface area (Å²) in [7, 11) is 1.50. The maximum atomic E-state index is 12.1. The minimum absolute atomic E-state index is 0.157. The van der Waals surface area contributed by atoms with Crippen LogP contribution in [0.1, 0.15) is 12.8 Å². The van der Waals surface area contributed by atoms with Crippen LogP contribution in [-0.4, -0.2) is 47.5 Å². The van der Waals surface area contributed by atoms with Gasteiger partial charge >= 0.3 is 5.76 Å². The van der Waals surface area contributed by atoms with E-state index in [0.29, 0.717) is 28.6 Å². The van der Waals surface area contributed by atoms with Crippen LogP contribution in [0, 0.1) is 0 Å². The van der Waals surface area contributed by atoms with Crippen LogP contribution in [0.25, 0.3) is 11.5 Å². The molecule has 0 aliphatic carbocycles. The van der Waals surface area contributed by atoms with Gasteiger partial charge in [0.1, 0.15) is 5.75 Å². The summed E-state index contributed by atoms with van der Waals surface area (Å²) < 4.78 is 11.9. The van der Waals surface area contributed by atoms with Gasteiger partial charge in [-0.25, -0.2) is 4.79 Å². The number of rotatable bonds is 5. The van der Waals surface area contributed by atoms with Crippen molar-refractivity contribution in [3.63, 3.8) is 0 Å². The van der Waals surface area contributed by atoms with E-state index in [2.05, 4.69) is 10.00 Å². The zero-order valence-electron chi connectivity index (χ0n) is 14.1. The number of nitrogens with zero attached hydrogens (tertiary/aromatic N) is 3. The first-order valence-corrected chi connectivity index (χ1v) is 8.55. The summed E-state index contributed by atoms with van der Waals surface area (Å²) >= 11 is 6.06. The molecule has 0 bridgehead atoms. The second-order valence-corrected chi connectivity index (χ2v) is 6.56. The summed E-state index contributed by atoms with van der Waals surface area (Å²) in [5.74, 6) is 0.0865. The van der Waals surface area contributed by atoms with Gasteiger partial charge in [0, 0.05) is 18.7 Å². The molecule has 2 aromatic rings. The highest BCUT2D eigenvalue weighted by atomic mass is 35.5. The molecular formula is C16H22ClN5O3. The van der Waals surface area contributed by atoms with Crippen LogP contribution in [0.15, 0.2) is 21.3 Å². The largest absolute Gasteiger partial charge is 0.496 e. The first-order valence-electron chi connectivity index (χ1n) is 8.17. The molecule has 1 saturated heterocycles. The number of nitrogen functional groups attached to an aromatic ring is 1. The molecule has 1 aromatic heterocycles. The number of anilines is 1. The van der Waals surface area contributed by atoms with Crippen molar-refractivity contribution < 1.29 is 9.15 Å². The Morgan fingerprint density at radius 1 is 1.36 bits per heavy atom. The van der Waals surface area contributed by atoms with Crippen LogP contribution >= 0.6 is 11.6 Å². The van der Waals surface area contributed by atoms with Crippen molar-refractivity contribution in [2.24, 2.45) is 5.73 Å². The van der Waals surface area contributed by atoms with Crippen molar-refractivity contribution in [2.45, 2.75) is 25.4 Å². The number of aromatic nitrogens is 2. The molecule has 2 heterocycles. The molecule has 9 heteroatoms. The maximum absolute atomic E-state index is 12.1. The Morgan fingerprint density at radius 3 is 2.76 bits per heavy atom. The molecule has 0 spiro atoms. The lowest BCUT2D eigenvalue weighted by Crippen LogP contribution is -2.41. The van der Waals surface area contributed by atoms with E-state index in [9.17, 15) is 4.79 Å². The molecular weight excluding hydrogens is 346 g/mol. The van der Waals surface area contributed by atoms with Gasteiger partial charge in [0.2, 0.25) is 0 Å². The second kappa shape index (κ2) is 7.47. The van der Waals surface area contributed by atoms with Crippen LogP contribution in [0.5, 0.6) is 5.75 Å². The van der Waals surface area contributed by atoms with Gasteiger partial charge in [0.05, 0.1) is 29.9 Å². The highest BCUT2D eigenvalue weighted by molar-refractivity contribution is 6.33. The Labute approximate surface area is 150 Å². The minimum atomic E-state index is -0.515. The standard InChI is InChI=1S/C16H22ClN5O3/c1-24-14-9-13(19)12(17)8-11(14)15-20-22(16(23)25-15)7-6-21-4-2-10(18)3-5-21/h8-10H,2-7,18-19H2,1H3. The molecule has 4 N–H and O–H groups in total. The van der Waals surface area contributed by atoms with Gasteiger partial charge in [0.15, 0.2) is 0 Å². The number of nitrogens with two attached hydrogens (primary N) is 2. The number of ether oxygens (including phenoxy) is 1. The number of hydrogen-bond acceptors (Lipinski definition) is 7. The van der Waals surface area contributed by atoms with Gasteiger partial charge in [0.25, 0.3) is 5.89 Å². The summed E-state index contributed by atoms with van der Waals surface area (Å²) in [6.45, 7) is 3.03. The van der Waals surface area contributed by atoms with Gasteiger partial charge in [-0.2, -0.15) is 4.68 Å². The van der Waals surface area contributed by atoms with E-state index in [1.807, 2.05) is 0 Å². The number of methoxy groups -OCH3 is 1. The predicted molar refractivity (Wildman–Crippen MR) is 95.8 cm³/mol. The number of halogens is 1. The molecule has 0 amide bonds. The van der Waals surface area contributed by atoms with Gasteiger partial charge < -0.3 is 25.5 Å². The number of likely N-dealkylation sites (tertiary alicyclic amines) is 1. The lowest BCUT2D eigenvalue weighted by Gasteiger charge is -2.29. The number of benzene rings is 1. The van der Waals surface area contributed by atoms with Crippen molar-refractivity contribution in [2.75, 3.05) is 32.5 Å². The molecule has 0 unspecified atom stereocenters. The molecule has 1 fully saturated rings. The minimum Gasteiger partial charge on any atom is -0.496 e. The van der Waals surface area contributed by atoms with Crippen LogP contribution in [-0.2, 0) is 6.54 Å². The van der Waals surface area contributed by atoms with Crippen molar-refractivity contribution >= 4 is 17.3 Å².